The first-order valence-electron chi connectivity index (χ1n) is 10.0. The number of amides is 1. The maximum absolute atomic E-state index is 14.4. The average Bonchev–Trinajstić information content (AvgIpc) is 2.71. The number of alkyl halides is 2. The summed E-state index contributed by atoms with van der Waals surface area (Å²) < 4.78 is 34.3. The molecule has 2 aliphatic heterocycles. The number of aromatic nitrogens is 3. The van der Waals surface area contributed by atoms with E-state index in [1.54, 1.807) is 0 Å². The molecule has 0 saturated carbocycles. The Kier molecular flexibility index (Phi) is 5.55. The third-order valence-corrected chi connectivity index (χ3v) is 5.57. The summed E-state index contributed by atoms with van der Waals surface area (Å²) in [6, 6.07) is 2.77. The van der Waals surface area contributed by atoms with Gasteiger partial charge in [-0.2, -0.15) is 0 Å². The van der Waals surface area contributed by atoms with Gasteiger partial charge in [0.15, 0.2) is 0 Å². The lowest BCUT2D eigenvalue weighted by Crippen LogP contribution is -2.44. The van der Waals surface area contributed by atoms with E-state index < -0.39 is 23.3 Å². The Balaban J connectivity index is 1.90. The van der Waals surface area contributed by atoms with Crippen molar-refractivity contribution in [3.05, 3.63) is 29.6 Å². The number of hydrogen-bond acceptors (Lipinski definition) is 7. The maximum atomic E-state index is 14.4. The summed E-state index contributed by atoms with van der Waals surface area (Å²) in [5.74, 6) is -2.30. The number of halogens is 2. The molecule has 1 fully saturated rings. The van der Waals surface area contributed by atoms with Crippen molar-refractivity contribution in [1.29, 1.82) is 0 Å². The predicted molar refractivity (Wildman–Crippen MR) is 117 cm³/mol. The SMILES string of the molecule is CC(F)(F)c1cc(-c2ncnc3c2[C@H](C(C)(C)P)OC(=O)N3)nc(N2CCNCC2)c1. The second-order valence-corrected chi connectivity index (χ2v) is 9.93. The highest BCUT2D eigenvalue weighted by Crippen LogP contribution is 2.45. The van der Waals surface area contributed by atoms with Gasteiger partial charge in [0.05, 0.1) is 11.3 Å². The first-order chi connectivity index (χ1) is 14.5. The fourth-order valence-electron chi connectivity index (χ4n) is 3.71. The number of rotatable bonds is 4. The smallest absolute Gasteiger partial charge is 0.413 e. The highest BCUT2D eigenvalue weighted by Gasteiger charge is 2.40. The van der Waals surface area contributed by atoms with Gasteiger partial charge in [0.1, 0.15) is 29.8 Å². The van der Waals surface area contributed by atoms with E-state index >= 15 is 0 Å². The maximum Gasteiger partial charge on any atom is 0.413 e. The molecule has 166 valence electrons. The summed E-state index contributed by atoms with van der Waals surface area (Å²) in [4.78, 5) is 27.2. The van der Waals surface area contributed by atoms with Crippen molar-refractivity contribution in [2.24, 2.45) is 0 Å². The summed E-state index contributed by atoms with van der Waals surface area (Å²) in [6.07, 6.45) is -0.0381. The number of nitrogens with one attached hydrogen (secondary N) is 2. The minimum absolute atomic E-state index is 0.152. The zero-order valence-electron chi connectivity index (χ0n) is 17.6. The van der Waals surface area contributed by atoms with Gasteiger partial charge in [0.2, 0.25) is 0 Å². The number of ether oxygens (including phenoxy) is 1. The number of piperazine rings is 1. The molecule has 2 atom stereocenters. The van der Waals surface area contributed by atoms with Gasteiger partial charge in [-0.1, -0.05) is 13.8 Å². The molecule has 2 aromatic rings. The van der Waals surface area contributed by atoms with E-state index in [2.05, 4.69) is 34.8 Å². The quantitative estimate of drug-likeness (QED) is 0.691. The Morgan fingerprint density at radius 3 is 2.55 bits per heavy atom. The first kappa shape index (κ1) is 21.8. The molecule has 11 heteroatoms. The van der Waals surface area contributed by atoms with E-state index in [-0.39, 0.29) is 11.3 Å². The van der Waals surface area contributed by atoms with Crippen LogP contribution in [0.2, 0.25) is 0 Å². The monoisotopic (exact) mass is 450 g/mol. The van der Waals surface area contributed by atoms with Crippen LogP contribution in [-0.2, 0) is 10.7 Å². The molecular formula is C20H25F2N6O2P. The van der Waals surface area contributed by atoms with Crippen LogP contribution in [0.5, 0.6) is 0 Å². The van der Waals surface area contributed by atoms with Crippen molar-refractivity contribution < 1.29 is 18.3 Å². The number of carbonyl (C=O) groups is 1. The lowest BCUT2D eigenvalue weighted by molar-refractivity contribution is 0.0174. The summed E-state index contributed by atoms with van der Waals surface area (Å²) >= 11 is 0. The van der Waals surface area contributed by atoms with E-state index in [4.69, 9.17) is 4.74 Å². The van der Waals surface area contributed by atoms with Crippen molar-refractivity contribution >= 4 is 27.0 Å². The molecule has 0 bridgehead atoms. The molecule has 2 aliphatic rings. The van der Waals surface area contributed by atoms with Gasteiger partial charge in [0, 0.05) is 43.8 Å². The Hall–Kier alpha value is -2.45. The van der Waals surface area contributed by atoms with Crippen LogP contribution >= 0.6 is 9.24 Å². The highest BCUT2D eigenvalue weighted by atomic mass is 31.0. The molecule has 4 rings (SSSR count). The van der Waals surface area contributed by atoms with E-state index in [9.17, 15) is 13.6 Å². The standard InChI is InChI=1S/C20H25F2N6O2P/c1-19(2,31)16-14-15(24-10-25-17(14)27-18(29)30-16)12-8-11(20(3,21)22)9-13(26-12)28-6-4-23-5-7-28/h8-10,16,23H,4-7,31H2,1-3H3,(H,24,25,27,29)/t16-/m1/s1. The van der Waals surface area contributed by atoms with E-state index in [1.807, 2.05) is 18.7 Å². The van der Waals surface area contributed by atoms with Crippen LogP contribution in [0.4, 0.5) is 25.2 Å². The Bertz CT molecular complexity index is 1000. The van der Waals surface area contributed by atoms with Crippen LogP contribution in [0, 0.1) is 0 Å². The molecule has 31 heavy (non-hydrogen) atoms. The largest absolute Gasteiger partial charge is 0.440 e. The van der Waals surface area contributed by atoms with Crippen molar-refractivity contribution in [1.82, 2.24) is 20.3 Å². The van der Waals surface area contributed by atoms with Crippen molar-refractivity contribution in [2.45, 2.75) is 38.0 Å². The van der Waals surface area contributed by atoms with Crippen LogP contribution in [0.1, 0.15) is 38.0 Å². The van der Waals surface area contributed by atoms with Crippen LogP contribution in [0.15, 0.2) is 18.5 Å². The summed E-state index contributed by atoms with van der Waals surface area (Å²) in [5, 5.41) is 5.27. The molecule has 2 N–H and O–H groups in total. The van der Waals surface area contributed by atoms with Crippen LogP contribution < -0.4 is 15.5 Å². The topological polar surface area (TPSA) is 92.3 Å². The van der Waals surface area contributed by atoms with E-state index in [0.29, 0.717) is 36.0 Å². The normalized spacial score (nSPS) is 19.5. The summed E-state index contributed by atoms with van der Waals surface area (Å²) in [6.45, 7) is 7.45. The molecule has 1 unspecified atom stereocenters. The first-order valence-corrected chi connectivity index (χ1v) is 10.6. The fourth-order valence-corrected chi connectivity index (χ4v) is 3.95. The number of cyclic esters (lactones) is 1. The molecule has 4 heterocycles. The lowest BCUT2D eigenvalue weighted by atomic mass is 9.94. The number of pyridine rings is 1. The van der Waals surface area contributed by atoms with Crippen LogP contribution in [0.3, 0.4) is 0 Å². The van der Waals surface area contributed by atoms with Gasteiger partial charge < -0.3 is 15.0 Å². The number of anilines is 2. The van der Waals surface area contributed by atoms with Crippen LogP contribution in [-0.4, -0.2) is 52.4 Å². The number of carbonyl (C=O) groups excluding carboxylic acids is 1. The van der Waals surface area contributed by atoms with Gasteiger partial charge in [-0.25, -0.2) is 28.5 Å². The highest BCUT2D eigenvalue weighted by molar-refractivity contribution is 7.18. The van der Waals surface area contributed by atoms with E-state index in [1.165, 1.54) is 18.5 Å². The molecule has 0 spiro atoms. The van der Waals surface area contributed by atoms with Crippen molar-refractivity contribution in [3.63, 3.8) is 0 Å². The van der Waals surface area contributed by atoms with Gasteiger partial charge in [0.25, 0.3) is 5.92 Å². The second-order valence-electron chi connectivity index (χ2n) is 8.44. The second kappa shape index (κ2) is 7.91. The lowest BCUT2D eigenvalue weighted by Gasteiger charge is -2.35. The summed E-state index contributed by atoms with van der Waals surface area (Å²) in [7, 11) is 2.65. The van der Waals surface area contributed by atoms with E-state index in [0.717, 1.165) is 20.0 Å². The minimum Gasteiger partial charge on any atom is -0.440 e. The molecule has 8 nitrogen and oxygen atoms in total. The molecule has 0 aliphatic carbocycles. The van der Waals surface area contributed by atoms with Crippen molar-refractivity contribution in [3.8, 4) is 11.4 Å². The molecule has 1 amide bonds. The molecule has 1 saturated heterocycles. The molecule has 0 aromatic carbocycles. The minimum atomic E-state index is -3.06. The molecular weight excluding hydrogens is 425 g/mol. The summed E-state index contributed by atoms with van der Waals surface area (Å²) in [5.41, 5.74) is 0.997. The third kappa shape index (κ3) is 4.45. The average molecular weight is 450 g/mol. The number of nitrogens with zero attached hydrogens (tertiary/aromatic N) is 4. The van der Waals surface area contributed by atoms with Gasteiger partial charge in [-0.15, -0.1) is 9.24 Å². The fraction of sp³-hybridized carbons (Fsp3) is 0.500. The number of fused-ring (bicyclic) bond motifs is 1. The van der Waals surface area contributed by atoms with Gasteiger partial charge in [-0.3, -0.25) is 5.32 Å². The molecule has 0 radical (unpaired) electrons. The Labute approximate surface area is 181 Å². The Morgan fingerprint density at radius 2 is 1.90 bits per heavy atom. The predicted octanol–water partition coefficient (Wildman–Crippen LogP) is 3.32. The van der Waals surface area contributed by atoms with Crippen LogP contribution in [0.25, 0.3) is 11.4 Å². The van der Waals surface area contributed by atoms with Crippen molar-refractivity contribution in [2.75, 3.05) is 36.4 Å². The molecule has 2 aromatic heterocycles. The number of hydrogen-bond donors (Lipinski definition) is 2. The third-order valence-electron chi connectivity index (χ3n) is 5.27. The zero-order valence-corrected chi connectivity index (χ0v) is 18.7. The van der Waals surface area contributed by atoms with Gasteiger partial charge in [-0.05, 0) is 12.1 Å². The zero-order chi connectivity index (χ0) is 22.4. The Morgan fingerprint density at radius 1 is 1.19 bits per heavy atom. The van der Waals surface area contributed by atoms with Gasteiger partial charge >= 0.3 is 6.09 Å².